The van der Waals surface area contributed by atoms with Gasteiger partial charge in [0.25, 0.3) is 0 Å². The summed E-state index contributed by atoms with van der Waals surface area (Å²) in [6.45, 7) is 4.44. The molecular weight excluding hydrogens is 172 g/mol. The Morgan fingerprint density at radius 1 is 1.50 bits per heavy atom. The van der Waals surface area contributed by atoms with E-state index in [0.717, 1.165) is 17.0 Å². The first-order chi connectivity index (χ1) is 5.83. The number of hydrogen-bond donors (Lipinski definition) is 0. The molecule has 0 bridgehead atoms. The Balaban J connectivity index is 2.41. The smallest absolute Gasteiger partial charge is 0.0838 e. The molecule has 0 fully saturated rings. The van der Waals surface area contributed by atoms with E-state index in [4.69, 9.17) is 16.3 Å². The summed E-state index contributed by atoms with van der Waals surface area (Å²) in [4.78, 5) is 0. The summed E-state index contributed by atoms with van der Waals surface area (Å²) in [6.07, 6.45) is 0.931. The van der Waals surface area contributed by atoms with Crippen LogP contribution >= 0.6 is 11.6 Å². The quantitative estimate of drug-likeness (QED) is 0.650. The van der Waals surface area contributed by atoms with Gasteiger partial charge in [0.1, 0.15) is 0 Å². The third-order valence-corrected chi connectivity index (χ3v) is 1.66. The molecule has 0 unspecified atom stereocenters. The molecule has 0 aliphatic rings. The second-order valence-electron chi connectivity index (χ2n) is 2.52. The van der Waals surface area contributed by atoms with Crippen LogP contribution in [0.2, 0.25) is 5.02 Å². The number of rotatable bonds is 4. The molecule has 0 amide bonds. The van der Waals surface area contributed by atoms with E-state index in [1.807, 2.05) is 31.2 Å². The highest BCUT2D eigenvalue weighted by Gasteiger charge is 1.93. The van der Waals surface area contributed by atoms with Crippen molar-refractivity contribution in [3.05, 3.63) is 41.5 Å². The lowest BCUT2D eigenvalue weighted by Gasteiger charge is -2.01. The van der Waals surface area contributed by atoms with Crippen LogP contribution in [0.15, 0.2) is 24.3 Å². The number of halogens is 1. The van der Waals surface area contributed by atoms with Crippen molar-refractivity contribution >= 4 is 11.6 Å². The van der Waals surface area contributed by atoms with Crippen molar-refractivity contribution < 1.29 is 4.74 Å². The van der Waals surface area contributed by atoms with Crippen LogP contribution < -0.4 is 0 Å². The molecule has 0 spiro atoms. The van der Waals surface area contributed by atoms with Crippen LogP contribution in [0.4, 0.5) is 0 Å². The van der Waals surface area contributed by atoms with Crippen molar-refractivity contribution in [1.29, 1.82) is 0 Å². The minimum Gasteiger partial charge on any atom is -0.371 e. The first-order valence-electron chi connectivity index (χ1n) is 4.00. The predicted molar refractivity (Wildman–Crippen MR) is 50.8 cm³/mol. The van der Waals surface area contributed by atoms with Crippen LogP contribution in [0.1, 0.15) is 18.9 Å². The van der Waals surface area contributed by atoms with Gasteiger partial charge in [-0.05, 0) is 24.1 Å². The van der Waals surface area contributed by atoms with Crippen LogP contribution in [0, 0.1) is 6.61 Å². The Labute approximate surface area is 78.3 Å². The Hall–Kier alpha value is -0.530. The van der Waals surface area contributed by atoms with Gasteiger partial charge in [-0.2, -0.15) is 0 Å². The first kappa shape index (κ1) is 9.56. The lowest BCUT2D eigenvalue weighted by molar-refractivity contribution is 0.181. The maximum absolute atomic E-state index is 5.79. The van der Waals surface area contributed by atoms with Gasteiger partial charge in [-0.1, -0.05) is 30.7 Å². The number of benzene rings is 1. The lowest BCUT2D eigenvalue weighted by atomic mass is 10.2. The standard InChI is InChI=1S/C10H12ClO/c1-2-6-12-8-9-4-3-5-10(11)7-9/h3-7H,2,8H2,1H3. The van der Waals surface area contributed by atoms with Crippen molar-refractivity contribution in [1.82, 2.24) is 0 Å². The maximum atomic E-state index is 5.79. The van der Waals surface area contributed by atoms with Crippen molar-refractivity contribution in [3.63, 3.8) is 0 Å². The molecule has 1 aromatic carbocycles. The Kier molecular flexibility index (Phi) is 4.12. The summed E-state index contributed by atoms with van der Waals surface area (Å²) in [6, 6.07) is 7.68. The molecule has 0 saturated carbocycles. The van der Waals surface area contributed by atoms with E-state index in [0.29, 0.717) is 6.61 Å². The van der Waals surface area contributed by atoms with E-state index in [1.165, 1.54) is 0 Å². The summed E-state index contributed by atoms with van der Waals surface area (Å²) in [5.74, 6) is 0. The van der Waals surface area contributed by atoms with Crippen LogP contribution in [-0.2, 0) is 11.3 Å². The van der Waals surface area contributed by atoms with Gasteiger partial charge < -0.3 is 4.74 Å². The molecule has 1 aromatic rings. The summed E-state index contributed by atoms with van der Waals surface area (Å²) >= 11 is 5.79. The Morgan fingerprint density at radius 2 is 2.33 bits per heavy atom. The van der Waals surface area contributed by atoms with Crippen LogP contribution in [0.3, 0.4) is 0 Å². The first-order valence-corrected chi connectivity index (χ1v) is 4.38. The van der Waals surface area contributed by atoms with Gasteiger partial charge in [0.05, 0.1) is 13.2 Å². The minimum absolute atomic E-state index is 0.606. The van der Waals surface area contributed by atoms with Crippen LogP contribution in [0.25, 0.3) is 0 Å². The highest BCUT2D eigenvalue weighted by molar-refractivity contribution is 6.30. The lowest BCUT2D eigenvalue weighted by Crippen LogP contribution is -1.88. The molecule has 12 heavy (non-hydrogen) atoms. The highest BCUT2D eigenvalue weighted by Crippen LogP contribution is 2.11. The zero-order valence-corrected chi connectivity index (χ0v) is 7.84. The molecule has 0 heterocycles. The van der Waals surface area contributed by atoms with Gasteiger partial charge in [0.2, 0.25) is 0 Å². The Morgan fingerprint density at radius 3 is 3.00 bits per heavy atom. The van der Waals surface area contributed by atoms with E-state index in [1.54, 1.807) is 6.61 Å². The predicted octanol–water partition coefficient (Wildman–Crippen LogP) is 3.43. The summed E-state index contributed by atoms with van der Waals surface area (Å²) in [7, 11) is 0. The second-order valence-corrected chi connectivity index (χ2v) is 2.95. The molecule has 1 nitrogen and oxygen atoms in total. The fourth-order valence-corrected chi connectivity index (χ4v) is 1.11. The molecule has 0 saturated heterocycles. The zero-order valence-electron chi connectivity index (χ0n) is 7.09. The number of hydrogen-bond acceptors (Lipinski definition) is 1. The van der Waals surface area contributed by atoms with E-state index < -0.39 is 0 Å². The maximum Gasteiger partial charge on any atom is 0.0838 e. The molecule has 65 valence electrons. The molecule has 0 aromatic heterocycles. The van der Waals surface area contributed by atoms with Gasteiger partial charge in [-0.25, -0.2) is 0 Å². The molecule has 1 radical (unpaired) electrons. The fraction of sp³-hybridized carbons (Fsp3) is 0.300. The minimum atomic E-state index is 0.606. The number of ether oxygens (including phenoxy) is 1. The average molecular weight is 184 g/mol. The molecule has 0 N–H and O–H groups in total. The Bertz CT molecular complexity index is 235. The molecular formula is C10H12ClO. The fourth-order valence-electron chi connectivity index (χ4n) is 0.900. The van der Waals surface area contributed by atoms with E-state index >= 15 is 0 Å². The third-order valence-electron chi connectivity index (χ3n) is 1.42. The topological polar surface area (TPSA) is 9.23 Å². The van der Waals surface area contributed by atoms with Gasteiger partial charge >= 0.3 is 0 Å². The second kappa shape index (κ2) is 5.18. The van der Waals surface area contributed by atoms with Gasteiger partial charge in [0.15, 0.2) is 0 Å². The van der Waals surface area contributed by atoms with Gasteiger partial charge in [-0.3, -0.25) is 0 Å². The molecule has 0 aliphatic carbocycles. The summed E-state index contributed by atoms with van der Waals surface area (Å²) < 4.78 is 5.24. The van der Waals surface area contributed by atoms with Crippen molar-refractivity contribution in [2.24, 2.45) is 0 Å². The van der Waals surface area contributed by atoms with Gasteiger partial charge in [-0.15, -0.1) is 0 Å². The average Bonchev–Trinajstić information content (AvgIpc) is 2.05. The third kappa shape index (κ3) is 3.24. The SMILES string of the molecule is CC[CH]OCc1cccc(Cl)c1. The van der Waals surface area contributed by atoms with Crippen LogP contribution in [-0.4, -0.2) is 0 Å². The van der Waals surface area contributed by atoms with Crippen LogP contribution in [0.5, 0.6) is 0 Å². The molecule has 0 atom stereocenters. The normalized spacial score (nSPS) is 10.2. The monoisotopic (exact) mass is 183 g/mol. The zero-order chi connectivity index (χ0) is 8.81. The summed E-state index contributed by atoms with van der Waals surface area (Å²) in [5.41, 5.74) is 1.10. The molecule has 2 heteroatoms. The molecule has 0 aliphatic heterocycles. The van der Waals surface area contributed by atoms with E-state index in [9.17, 15) is 0 Å². The van der Waals surface area contributed by atoms with Crippen molar-refractivity contribution in [3.8, 4) is 0 Å². The summed E-state index contributed by atoms with van der Waals surface area (Å²) in [5, 5.41) is 0.757. The molecule has 1 rings (SSSR count). The van der Waals surface area contributed by atoms with E-state index in [2.05, 4.69) is 0 Å². The van der Waals surface area contributed by atoms with E-state index in [-0.39, 0.29) is 0 Å². The largest absolute Gasteiger partial charge is 0.371 e. The van der Waals surface area contributed by atoms with Crippen molar-refractivity contribution in [2.45, 2.75) is 20.0 Å². The highest BCUT2D eigenvalue weighted by atomic mass is 35.5. The van der Waals surface area contributed by atoms with Crippen molar-refractivity contribution in [2.75, 3.05) is 0 Å². The van der Waals surface area contributed by atoms with Gasteiger partial charge in [0, 0.05) is 5.02 Å².